The van der Waals surface area contributed by atoms with Gasteiger partial charge in [-0.1, -0.05) is 48.0 Å². The molecule has 0 aliphatic rings. The van der Waals surface area contributed by atoms with Gasteiger partial charge in [0.05, 0.1) is 22.5 Å². The van der Waals surface area contributed by atoms with Crippen molar-refractivity contribution < 1.29 is 4.79 Å². The van der Waals surface area contributed by atoms with Gasteiger partial charge in [0.15, 0.2) is 0 Å². The van der Waals surface area contributed by atoms with Crippen LogP contribution in [0.1, 0.15) is 27.3 Å². The van der Waals surface area contributed by atoms with Gasteiger partial charge in [0.25, 0.3) is 5.91 Å². The summed E-state index contributed by atoms with van der Waals surface area (Å²) in [6.45, 7) is 5.83. The van der Waals surface area contributed by atoms with Gasteiger partial charge < -0.3 is 0 Å². The molecule has 0 saturated heterocycles. The first-order valence-corrected chi connectivity index (χ1v) is 8.58. The van der Waals surface area contributed by atoms with Crippen LogP contribution in [0.2, 0.25) is 0 Å². The number of rotatable bonds is 2. The van der Waals surface area contributed by atoms with Crippen molar-refractivity contribution in [1.82, 2.24) is 14.8 Å². The number of carbonyl (C=O) groups excluding carboxylic acids is 1. The molecule has 0 fully saturated rings. The summed E-state index contributed by atoms with van der Waals surface area (Å²) in [5.41, 5.74) is 6.02. The molecule has 0 atom stereocenters. The Morgan fingerprint density at radius 1 is 0.923 bits per heavy atom. The summed E-state index contributed by atoms with van der Waals surface area (Å²) in [6.07, 6.45) is 0. The first-order chi connectivity index (χ1) is 12.5. The highest BCUT2D eigenvalue weighted by Gasteiger charge is 2.18. The largest absolute Gasteiger partial charge is 0.279 e. The summed E-state index contributed by atoms with van der Waals surface area (Å²) in [6, 6.07) is 19.7. The number of hydrogen-bond donors (Lipinski definition) is 0. The third kappa shape index (κ3) is 2.80. The van der Waals surface area contributed by atoms with E-state index in [4.69, 9.17) is 4.98 Å². The Morgan fingerprint density at radius 3 is 2.35 bits per heavy atom. The SMILES string of the molecule is Cc1ccc(-c2cc(C(=O)n3nc(C)cc3C)c3ccccc3n2)cc1. The Bertz CT molecular complexity index is 1120. The van der Waals surface area contributed by atoms with Crippen molar-refractivity contribution in [2.45, 2.75) is 20.8 Å². The molecule has 2 aromatic heterocycles. The normalized spacial score (nSPS) is 11.0. The lowest BCUT2D eigenvalue weighted by Gasteiger charge is -2.10. The molecule has 4 heteroatoms. The summed E-state index contributed by atoms with van der Waals surface area (Å²) in [4.78, 5) is 18.0. The number of fused-ring (bicyclic) bond motifs is 1. The highest BCUT2D eigenvalue weighted by atomic mass is 16.2. The zero-order chi connectivity index (χ0) is 18.3. The van der Waals surface area contributed by atoms with Crippen molar-refractivity contribution in [2.75, 3.05) is 0 Å². The number of aryl methyl sites for hydroxylation is 3. The van der Waals surface area contributed by atoms with Crippen LogP contribution in [0.5, 0.6) is 0 Å². The molecule has 4 nitrogen and oxygen atoms in total. The monoisotopic (exact) mass is 341 g/mol. The Hall–Kier alpha value is -3.27. The molecule has 0 aliphatic carbocycles. The third-order valence-corrected chi connectivity index (χ3v) is 4.50. The molecule has 0 saturated carbocycles. The van der Waals surface area contributed by atoms with Crippen molar-refractivity contribution in [3.8, 4) is 11.3 Å². The zero-order valence-corrected chi connectivity index (χ0v) is 15.0. The van der Waals surface area contributed by atoms with Crippen molar-refractivity contribution in [1.29, 1.82) is 0 Å². The van der Waals surface area contributed by atoms with Crippen LogP contribution in [0.25, 0.3) is 22.2 Å². The molecule has 0 bridgehead atoms. The van der Waals surface area contributed by atoms with Crippen molar-refractivity contribution >= 4 is 16.8 Å². The molecule has 128 valence electrons. The molecular weight excluding hydrogens is 322 g/mol. The fourth-order valence-corrected chi connectivity index (χ4v) is 3.17. The van der Waals surface area contributed by atoms with E-state index in [1.807, 2.05) is 62.4 Å². The second kappa shape index (κ2) is 6.23. The van der Waals surface area contributed by atoms with Crippen LogP contribution in [-0.2, 0) is 0 Å². The van der Waals surface area contributed by atoms with Gasteiger partial charge in [-0.25, -0.2) is 9.67 Å². The average molecular weight is 341 g/mol. The smallest absolute Gasteiger partial charge is 0.267 e. The second-order valence-corrected chi connectivity index (χ2v) is 6.58. The Balaban J connectivity index is 1.94. The fourth-order valence-electron chi connectivity index (χ4n) is 3.17. The van der Waals surface area contributed by atoms with Crippen LogP contribution in [0, 0.1) is 20.8 Å². The Labute approximate surface area is 152 Å². The Morgan fingerprint density at radius 2 is 1.65 bits per heavy atom. The van der Waals surface area contributed by atoms with Crippen LogP contribution in [-0.4, -0.2) is 20.7 Å². The van der Waals surface area contributed by atoms with Gasteiger partial charge in [-0.3, -0.25) is 4.79 Å². The van der Waals surface area contributed by atoms with Gasteiger partial charge in [-0.15, -0.1) is 0 Å². The summed E-state index contributed by atoms with van der Waals surface area (Å²) >= 11 is 0. The van der Waals surface area contributed by atoms with Gasteiger partial charge in [-0.2, -0.15) is 5.10 Å². The first-order valence-electron chi connectivity index (χ1n) is 8.58. The van der Waals surface area contributed by atoms with Gasteiger partial charge in [0.1, 0.15) is 0 Å². The minimum absolute atomic E-state index is 0.137. The molecule has 26 heavy (non-hydrogen) atoms. The van der Waals surface area contributed by atoms with Crippen molar-refractivity contribution in [3.05, 3.63) is 83.2 Å². The van der Waals surface area contributed by atoms with E-state index in [0.29, 0.717) is 5.56 Å². The van der Waals surface area contributed by atoms with E-state index < -0.39 is 0 Å². The number of hydrogen-bond acceptors (Lipinski definition) is 3. The van der Waals surface area contributed by atoms with Crippen LogP contribution < -0.4 is 0 Å². The topological polar surface area (TPSA) is 47.8 Å². The predicted octanol–water partition coefficient (Wildman–Crippen LogP) is 4.71. The molecule has 0 radical (unpaired) electrons. The third-order valence-electron chi connectivity index (χ3n) is 4.50. The van der Waals surface area contributed by atoms with E-state index in [1.54, 1.807) is 0 Å². The summed E-state index contributed by atoms with van der Waals surface area (Å²) in [7, 11) is 0. The fraction of sp³-hybridized carbons (Fsp3) is 0.136. The van der Waals surface area contributed by atoms with Crippen LogP contribution in [0.15, 0.2) is 60.7 Å². The maximum atomic E-state index is 13.2. The lowest BCUT2D eigenvalue weighted by Crippen LogP contribution is -2.16. The molecule has 2 aromatic carbocycles. The van der Waals surface area contributed by atoms with Crippen LogP contribution >= 0.6 is 0 Å². The quantitative estimate of drug-likeness (QED) is 0.530. The molecule has 4 aromatic rings. The van der Waals surface area contributed by atoms with E-state index in [0.717, 1.165) is 33.5 Å². The number of para-hydroxylation sites is 1. The molecular formula is C22H19N3O. The minimum atomic E-state index is -0.137. The van der Waals surface area contributed by atoms with E-state index in [2.05, 4.69) is 24.2 Å². The number of benzene rings is 2. The number of aromatic nitrogens is 3. The second-order valence-electron chi connectivity index (χ2n) is 6.58. The standard InChI is InChI=1S/C22H19N3O/c1-14-8-10-17(11-9-14)21-13-19(18-6-4-5-7-20(18)23-21)22(26)25-16(3)12-15(2)24-25/h4-13H,1-3H3. The van der Waals surface area contributed by atoms with Gasteiger partial charge in [0.2, 0.25) is 0 Å². The zero-order valence-electron chi connectivity index (χ0n) is 15.0. The van der Waals surface area contributed by atoms with E-state index in [-0.39, 0.29) is 5.91 Å². The van der Waals surface area contributed by atoms with Crippen LogP contribution in [0.4, 0.5) is 0 Å². The maximum absolute atomic E-state index is 13.2. The summed E-state index contributed by atoms with van der Waals surface area (Å²) in [5, 5.41) is 5.19. The number of carbonyl (C=O) groups is 1. The lowest BCUT2D eigenvalue weighted by molar-refractivity contribution is 0.0944. The molecule has 0 N–H and O–H groups in total. The predicted molar refractivity (Wildman–Crippen MR) is 103 cm³/mol. The van der Waals surface area contributed by atoms with Gasteiger partial charge in [-0.05, 0) is 39.0 Å². The van der Waals surface area contributed by atoms with E-state index >= 15 is 0 Å². The van der Waals surface area contributed by atoms with E-state index in [9.17, 15) is 4.79 Å². The molecule has 0 amide bonds. The first kappa shape index (κ1) is 16.2. The lowest BCUT2D eigenvalue weighted by atomic mass is 10.0. The van der Waals surface area contributed by atoms with Crippen molar-refractivity contribution in [3.63, 3.8) is 0 Å². The summed E-state index contributed by atoms with van der Waals surface area (Å²) in [5.74, 6) is -0.137. The number of nitrogens with zero attached hydrogens (tertiary/aromatic N) is 3. The minimum Gasteiger partial charge on any atom is -0.267 e. The maximum Gasteiger partial charge on any atom is 0.279 e. The van der Waals surface area contributed by atoms with E-state index in [1.165, 1.54) is 10.2 Å². The van der Waals surface area contributed by atoms with Crippen molar-refractivity contribution in [2.24, 2.45) is 0 Å². The van der Waals surface area contributed by atoms with Crippen LogP contribution in [0.3, 0.4) is 0 Å². The summed E-state index contributed by atoms with van der Waals surface area (Å²) < 4.78 is 1.47. The highest BCUT2D eigenvalue weighted by Crippen LogP contribution is 2.26. The molecule has 0 spiro atoms. The molecule has 2 heterocycles. The van der Waals surface area contributed by atoms with Gasteiger partial charge >= 0.3 is 0 Å². The molecule has 0 aliphatic heterocycles. The molecule has 4 rings (SSSR count). The number of pyridine rings is 1. The average Bonchev–Trinajstić information content (AvgIpc) is 2.99. The van der Waals surface area contributed by atoms with Gasteiger partial charge in [0, 0.05) is 16.6 Å². The highest BCUT2D eigenvalue weighted by molar-refractivity contribution is 6.08. The molecule has 0 unspecified atom stereocenters. The Kier molecular flexibility index (Phi) is 3.88.